The highest BCUT2D eigenvalue weighted by Gasteiger charge is 2.15. The standard InChI is InChI=1S/C14H8FN5S2/c1-7-2-9(15)13(14-12(7)8(3-16)5-19-14)20-22-11-6-18-10(4-17)21-11/h2,5-6,19-20H,1H3. The van der Waals surface area contributed by atoms with Crippen molar-refractivity contribution in [1.29, 1.82) is 10.5 Å². The van der Waals surface area contributed by atoms with Crippen LogP contribution in [0.15, 0.2) is 22.7 Å². The number of hydrogen-bond acceptors (Lipinski definition) is 6. The average Bonchev–Trinajstić information content (AvgIpc) is 3.13. The zero-order valence-electron chi connectivity index (χ0n) is 11.3. The molecule has 0 radical (unpaired) electrons. The van der Waals surface area contributed by atoms with Crippen molar-refractivity contribution in [3.63, 3.8) is 0 Å². The molecule has 0 aliphatic heterocycles. The van der Waals surface area contributed by atoms with Gasteiger partial charge in [0.15, 0.2) is 5.01 Å². The first-order valence-electron chi connectivity index (χ1n) is 6.13. The van der Waals surface area contributed by atoms with Crippen LogP contribution >= 0.6 is 23.3 Å². The van der Waals surface area contributed by atoms with E-state index in [9.17, 15) is 4.39 Å². The Morgan fingerprint density at radius 1 is 1.41 bits per heavy atom. The number of rotatable bonds is 3. The van der Waals surface area contributed by atoms with Gasteiger partial charge in [-0.15, -0.1) is 0 Å². The van der Waals surface area contributed by atoms with Gasteiger partial charge < -0.3 is 9.71 Å². The van der Waals surface area contributed by atoms with Crippen LogP contribution in [0.4, 0.5) is 10.1 Å². The molecule has 2 N–H and O–H groups in total. The fourth-order valence-electron chi connectivity index (χ4n) is 2.13. The second-order valence-corrected chi connectivity index (χ2v) is 6.55. The lowest BCUT2D eigenvalue weighted by Crippen LogP contribution is -1.94. The van der Waals surface area contributed by atoms with E-state index in [2.05, 4.69) is 20.8 Å². The molecule has 2 heterocycles. The highest BCUT2D eigenvalue weighted by Crippen LogP contribution is 2.34. The Morgan fingerprint density at radius 3 is 2.91 bits per heavy atom. The van der Waals surface area contributed by atoms with Crippen molar-refractivity contribution in [3.8, 4) is 12.1 Å². The molecule has 1 aromatic carbocycles. The molecule has 3 aromatic rings. The molecule has 2 aromatic heterocycles. The molecule has 0 saturated carbocycles. The molecular formula is C14H8FN5S2. The van der Waals surface area contributed by atoms with Crippen molar-refractivity contribution < 1.29 is 4.39 Å². The molecule has 0 fully saturated rings. The zero-order chi connectivity index (χ0) is 15.7. The predicted octanol–water partition coefficient (Wildman–Crippen LogP) is 3.93. The van der Waals surface area contributed by atoms with Gasteiger partial charge in [0.05, 0.1) is 17.3 Å². The lowest BCUT2D eigenvalue weighted by molar-refractivity contribution is 0.633. The van der Waals surface area contributed by atoms with E-state index in [-0.39, 0.29) is 5.69 Å². The number of aromatic amines is 1. The van der Waals surface area contributed by atoms with Gasteiger partial charge in [-0.25, -0.2) is 9.37 Å². The van der Waals surface area contributed by atoms with E-state index in [0.717, 1.165) is 4.21 Å². The highest BCUT2D eigenvalue weighted by molar-refractivity contribution is 8.02. The lowest BCUT2D eigenvalue weighted by Gasteiger charge is -2.08. The van der Waals surface area contributed by atoms with Crippen molar-refractivity contribution >= 4 is 39.9 Å². The van der Waals surface area contributed by atoms with Crippen molar-refractivity contribution in [2.75, 3.05) is 4.72 Å². The predicted molar refractivity (Wildman–Crippen MR) is 84.0 cm³/mol. The summed E-state index contributed by atoms with van der Waals surface area (Å²) in [6.07, 6.45) is 3.12. The smallest absolute Gasteiger partial charge is 0.195 e. The number of thiazole rings is 1. The maximum atomic E-state index is 14.2. The third-order valence-electron chi connectivity index (χ3n) is 3.06. The molecular weight excluding hydrogens is 321 g/mol. The van der Waals surface area contributed by atoms with Crippen molar-refractivity contribution in [2.45, 2.75) is 11.1 Å². The third kappa shape index (κ3) is 2.39. The Hall–Kier alpha value is -2.55. The van der Waals surface area contributed by atoms with E-state index < -0.39 is 5.82 Å². The second-order valence-electron chi connectivity index (χ2n) is 4.41. The summed E-state index contributed by atoms with van der Waals surface area (Å²) in [5.74, 6) is -0.408. The molecule has 0 spiro atoms. The number of nitrogens with zero attached hydrogens (tertiary/aromatic N) is 3. The number of aromatic nitrogens is 2. The van der Waals surface area contributed by atoms with Crippen LogP contribution in [0, 0.1) is 35.4 Å². The van der Waals surface area contributed by atoms with Crippen LogP contribution in [0.25, 0.3) is 10.9 Å². The number of benzene rings is 1. The monoisotopic (exact) mass is 329 g/mol. The van der Waals surface area contributed by atoms with Gasteiger partial charge in [0.1, 0.15) is 27.9 Å². The fourth-order valence-corrected chi connectivity index (χ4v) is 3.61. The number of H-pyrrole nitrogens is 1. The number of fused-ring (bicyclic) bond motifs is 1. The molecule has 0 aliphatic carbocycles. The Morgan fingerprint density at radius 2 is 2.23 bits per heavy atom. The number of hydrogen-bond donors (Lipinski definition) is 2. The molecule has 0 saturated heterocycles. The van der Waals surface area contributed by atoms with E-state index in [1.807, 2.05) is 6.07 Å². The minimum absolute atomic E-state index is 0.277. The van der Waals surface area contributed by atoms with Gasteiger partial charge in [-0.3, -0.25) is 0 Å². The van der Waals surface area contributed by atoms with E-state index in [1.54, 1.807) is 19.3 Å². The number of halogens is 1. The highest BCUT2D eigenvalue weighted by atomic mass is 32.2. The van der Waals surface area contributed by atoms with E-state index >= 15 is 0 Å². The SMILES string of the molecule is Cc1cc(F)c(NSc2cnc(C#N)s2)c2[nH]cc(C#N)c12. The average molecular weight is 329 g/mol. The van der Waals surface area contributed by atoms with Crippen LogP contribution in [-0.4, -0.2) is 9.97 Å². The van der Waals surface area contributed by atoms with Gasteiger partial charge in [0, 0.05) is 11.6 Å². The Labute approximate surface area is 133 Å². The number of nitrogens with one attached hydrogen (secondary N) is 2. The lowest BCUT2D eigenvalue weighted by atomic mass is 10.1. The maximum absolute atomic E-state index is 14.2. The largest absolute Gasteiger partial charge is 0.358 e. The first-order chi connectivity index (χ1) is 10.6. The van der Waals surface area contributed by atoms with Crippen LogP contribution in [0.2, 0.25) is 0 Å². The molecule has 0 bridgehead atoms. The summed E-state index contributed by atoms with van der Waals surface area (Å²) in [4.78, 5) is 6.85. The Kier molecular flexibility index (Phi) is 3.72. The molecule has 5 nitrogen and oxygen atoms in total. The molecule has 8 heteroatoms. The summed E-state index contributed by atoms with van der Waals surface area (Å²) in [6, 6.07) is 5.44. The van der Waals surface area contributed by atoms with Crippen LogP contribution in [-0.2, 0) is 0 Å². The van der Waals surface area contributed by atoms with E-state index in [4.69, 9.17) is 10.5 Å². The fraction of sp³-hybridized carbons (Fsp3) is 0.0714. The number of aryl methyl sites for hydroxylation is 1. The summed E-state index contributed by atoms with van der Waals surface area (Å²) >= 11 is 2.39. The summed E-state index contributed by atoms with van der Waals surface area (Å²) in [7, 11) is 0. The van der Waals surface area contributed by atoms with Crippen molar-refractivity contribution in [3.05, 3.63) is 40.4 Å². The van der Waals surface area contributed by atoms with Crippen LogP contribution in [0.3, 0.4) is 0 Å². The zero-order valence-corrected chi connectivity index (χ0v) is 12.9. The molecule has 0 amide bonds. The first kappa shape index (κ1) is 14.4. The Bertz CT molecular complexity index is 945. The summed E-state index contributed by atoms with van der Waals surface area (Å²) in [5.41, 5.74) is 2.00. The van der Waals surface area contributed by atoms with Gasteiger partial charge in [0.25, 0.3) is 0 Å². The molecule has 108 valence electrons. The first-order valence-corrected chi connectivity index (χ1v) is 7.76. The number of nitriles is 2. The molecule has 3 rings (SSSR count). The van der Waals surface area contributed by atoms with Crippen LogP contribution < -0.4 is 4.72 Å². The van der Waals surface area contributed by atoms with Crippen LogP contribution in [0.5, 0.6) is 0 Å². The minimum Gasteiger partial charge on any atom is -0.358 e. The summed E-state index contributed by atoms with van der Waals surface area (Å²) in [6.45, 7) is 1.76. The van der Waals surface area contributed by atoms with Crippen molar-refractivity contribution in [1.82, 2.24) is 9.97 Å². The van der Waals surface area contributed by atoms with Gasteiger partial charge in [0.2, 0.25) is 0 Å². The molecule has 0 aliphatic rings. The van der Waals surface area contributed by atoms with Gasteiger partial charge in [-0.05, 0) is 30.5 Å². The van der Waals surface area contributed by atoms with Gasteiger partial charge in [-0.1, -0.05) is 11.3 Å². The second kappa shape index (κ2) is 5.68. The minimum atomic E-state index is -0.408. The molecule has 0 atom stereocenters. The quantitative estimate of drug-likeness (QED) is 0.711. The molecule has 0 unspecified atom stereocenters. The maximum Gasteiger partial charge on any atom is 0.195 e. The Balaban J connectivity index is 1.98. The third-order valence-corrected chi connectivity index (χ3v) is 4.87. The van der Waals surface area contributed by atoms with Gasteiger partial charge >= 0.3 is 0 Å². The normalized spacial score (nSPS) is 10.4. The topological polar surface area (TPSA) is 88.3 Å². The van der Waals surface area contributed by atoms with Gasteiger partial charge in [-0.2, -0.15) is 10.5 Å². The number of anilines is 1. The summed E-state index contributed by atoms with van der Waals surface area (Å²) < 4.78 is 17.9. The van der Waals surface area contributed by atoms with E-state index in [0.29, 0.717) is 27.0 Å². The van der Waals surface area contributed by atoms with Crippen molar-refractivity contribution in [2.24, 2.45) is 0 Å². The summed E-state index contributed by atoms with van der Waals surface area (Å²) in [5, 5.41) is 18.9. The van der Waals surface area contributed by atoms with E-state index in [1.165, 1.54) is 29.4 Å². The molecule has 22 heavy (non-hydrogen) atoms. The van der Waals surface area contributed by atoms with Crippen LogP contribution in [0.1, 0.15) is 16.1 Å².